The van der Waals surface area contributed by atoms with E-state index in [2.05, 4.69) is 0 Å². The number of ketones is 2. The largest absolute Gasteiger partial charge is 0.507 e. The number of carbonyl (C=O) groups excluding carboxylic acids is 2. The van der Waals surface area contributed by atoms with Crippen LogP contribution in [-0.2, 0) is 9.53 Å². The molecule has 0 saturated carbocycles. The van der Waals surface area contributed by atoms with Crippen LogP contribution in [0.2, 0.25) is 0 Å². The number of rotatable bonds is 1. The van der Waals surface area contributed by atoms with Crippen LogP contribution < -0.4 is 0 Å². The first-order valence-electron chi connectivity index (χ1n) is 5.62. The molecule has 0 aromatic heterocycles. The van der Waals surface area contributed by atoms with Crippen LogP contribution in [0.15, 0.2) is 18.2 Å². The molecule has 18 heavy (non-hydrogen) atoms. The van der Waals surface area contributed by atoms with Gasteiger partial charge >= 0.3 is 0 Å². The second-order valence-electron chi connectivity index (χ2n) is 4.92. The van der Waals surface area contributed by atoms with E-state index < -0.39 is 28.9 Å². The summed E-state index contributed by atoms with van der Waals surface area (Å²) in [5.74, 6) is -1.27. The maximum Gasteiger partial charge on any atom is 0.221 e. The van der Waals surface area contributed by atoms with Crippen LogP contribution in [0.4, 0.5) is 0 Å². The third-order valence-corrected chi connectivity index (χ3v) is 3.96. The maximum atomic E-state index is 12.4. The molecule has 5 heteroatoms. The highest BCUT2D eigenvalue weighted by molar-refractivity contribution is 6.23. The molecule has 0 spiro atoms. The van der Waals surface area contributed by atoms with E-state index in [0.717, 1.165) is 0 Å². The molecule has 1 fully saturated rings. The van der Waals surface area contributed by atoms with E-state index in [0.29, 0.717) is 5.56 Å². The van der Waals surface area contributed by atoms with Gasteiger partial charge in [-0.25, -0.2) is 0 Å². The minimum atomic E-state index is -1.64. The molecule has 1 aliphatic carbocycles. The maximum absolute atomic E-state index is 12.4. The average molecular weight is 248 g/mol. The Bertz CT molecular complexity index is 593. The monoisotopic (exact) mass is 248 g/mol. The van der Waals surface area contributed by atoms with Crippen molar-refractivity contribution in [3.63, 3.8) is 0 Å². The Morgan fingerprint density at radius 2 is 2.11 bits per heavy atom. The summed E-state index contributed by atoms with van der Waals surface area (Å²) in [5, 5.41) is 20.0. The summed E-state index contributed by atoms with van der Waals surface area (Å²) >= 11 is 0. The Balaban J connectivity index is 2.30. The van der Waals surface area contributed by atoms with Crippen LogP contribution in [0.3, 0.4) is 0 Å². The number of aliphatic hydroxyl groups is 1. The Hall–Kier alpha value is -1.72. The Morgan fingerprint density at radius 1 is 1.44 bits per heavy atom. The van der Waals surface area contributed by atoms with Gasteiger partial charge in [0.25, 0.3) is 0 Å². The molecule has 3 rings (SSSR count). The minimum Gasteiger partial charge on any atom is -0.507 e. The van der Waals surface area contributed by atoms with Crippen molar-refractivity contribution in [1.29, 1.82) is 0 Å². The zero-order valence-corrected chi connectivity index (χ0v) is 9.93. The quantitative estimate of drug-likeness (QED) is 0.565. The normalized spacial score (nSPS) is 36.8. The number of ether oxygens (including phenoxy) is 1. The zero-order valence-electron chi connectivity index (χ0n) is 9.93. The number of fused-ring (bicyclic) bond motifs is 2. The van der Waals surface area contributed by atoms with Crippen molar-refractivity contribution in [1.82, 2.24) is 0 Å². The molecule has 1 aliphatic heterocycles. The van der Waals surface area contributed by atoms with Gasteiger partial charge in [-0.1, -0.05) is 12.1 Å². The van der Waals surface area contributed by atoms with Crippen LogP contribution >= 0.6 is 0 Å². The lowest BCUT2D eigenvalue weighted by molar-refractivity contribution is -0.120. The number of phenols is 1. The SMILES string of the molecule is CC(=O)C12OC1(C)C(O)c1cccc(O)c1C2=O. The summed E-state index contributed by atoms with van der Waals surface area (Å²) in [6.07, 6.45) is -1.11. The number of benzene rings is 1. The van der Waals surface area contributed by atoms with Gasteiger partial charge in [-0.3, -0.25) is 9.59 Å². The number of carbonyl (C=O) groups is 2. The molecular formula is C13H12O5. The van der Waals surface area contributed by atoms with E-state index in [9.17, 15) is 19.8 Å². The molecular weight excluding hydrogens is 236 g/mol. The summed E-state index contributed by atoms with van der Waals surface area (Å²) in [7, 11) is 0. The summed E-state index contributed by atoms with van der Waals surface area (Å²) in [6, 6.07) is 4.44. The molecule has 1 aromatic carbocycles. The van der Waals surface area contributed by atoms with E-state index in [1.807, 2.05) is 0 Å². The predicted octanol–water partition coefficient (Wildman–Crippen LogP) is 0.739. The first-order chi connectivity index (χ1) is 8.36. The number of phenolic OH excluding ortho intramolecular Hbond substituents is 1. The molecule has 3 atom stereocenters. The molecule has 1 saturated heterocycles. The van der Waals surface area contributed by atoms with E-state index in [4.69, 9.17) is 4.74 Å². The average Bonchev–Trinajstić information content (AvgIpc) is 2.96. The van der Waals surface area contributed by atoms with Gasteiger partial charge < -0.3 is 14.9 Å². The number of epoxide rings is 1. The Morgan fingerprint density at radius 3 is 2.72 bits per heavy atom. The number of hydrogen-bond acceptors (Lipinski definition) is 5. The predicted molar refractivity (Wildman–Crippen MR) is 60.3 cm³/mol. The van der Waals surface area contributed by atoms with Gasteiger partial charge in [0.05, 0.1) is 5.56 Å². The number of Topliss-reactive ketones (excluding diaryl/α,β-unsaturated/α-hetero) is 2. The van der Waals surface area contributed by atoms with Gasteiger partial charge in [0.1, 0.15) is 17.5 Å². The summed E-state index contributed by atoms with van der Waals surface area (Å²) in [6.45, 7) is 2.78. The molecule has 2 N–H and O–H groups in total. The van der Waals surface area contributed by atoms with E-state index in [1.165, 1.54) is 26.0 Å². The van der Waals surface area contributed by atoms with E-state index >= 15 is 0 Å². The van der Waals surface area contributed by atoms with Gasteiger partial charge in [0.2, 0.25) is 11.4 Å². The van der Waals surface area contributed by atoms with Crippen molar-refractivity contribution in [3.05, 3.63) is 29.3 Å². The fourth-order valence-corrected chi connectivity index (χ4v) is 2.90. The van der Waals surface area contributed by atoms with Crippen molar-refractivity contribution in [2.45, 2.75) is 31.2 Å². The molecule has 2 aliphatic rings. The second-order valence-corrected chi connectivity index (χ2v) is 4.92. The van der Waals surface area contributed by atoms with Crippen LogP contribution in [0.5, 0.6) is 5.75 Å². The van der Waals surface area contributed by atoms with Crippen molar-refractivity contribution in [2.24, 2.45) is 0 Å². The standard InChI is InChI=1S/C13H12O5/c1-6(14)13-11(17)9-7(4-3-5-8(9)15)10(16)12(13,2)18-13/h3-5,10,15-16H,1-2H3. The smallest absolute Gasteiger partial charge is 0.221 e. The molecule has 94 valence electrons. The van der Waals surface area contributed by atoms with Crippen LogP contribution in [0.25, 0.3) is 0 Å². The minimum absolute atomic E-state index is 0.0184. The van der Waals surface area contributed by atoms with Gasteiger partial charge in [-0.2, -0.15) is 0 Å². The van der Waals surface area contributed by atoms with Gasteiger partial charge in [-0.15, -0.1) is 0 Å². The Labute approximate surface area is 103 Å². The third kappa shape index (κ3) is 0.958. The molecule has 0 radical (unpaired) electrons. The number of hydrogen-bond donors (Lipinski definition) is 2. The lowest BCUT2D eigenvalue weighted by atomic mass is 9.72. The number of aliphatic hydroxyl groups excluding tert-OH is 1. The van der Waals surface area contributed by atoms with Gasteiger partial charge in [-0.05, 0) is 25.5 Å². The fraction of sp³-hybridized carbons (Fsp3) is 0.385. The molecule has 0 bridgehead atoms. The number of aromatic hydroxyl groups is 1. The summed E-state index contributed by atoms with van der Waals surface area (Å²) in [5.41, 5.74) is -2.58. The molecule has 5 nitrogen and oxygen atoms in total. The Kier molecular flexibility index (Phi) is 1.89. The van der Waals surface area contributed by atoms with Crippen LogP contribution in [-0.4, -0.2) is 33.0 Å². The van der Waals surface area contributed by atoms with Crippen molar-refractivity contribution in [3.8, 4) is 5.75 Å². The lowest BCUT2D eigenvalue weighted by Crippen LogP contribution is -2.46. The summed E-state index contributed by atoms with van der Waals surface area (Å²) < 4.78 is 5.32. The molecule has 0 amide bonds. The topological polar surface area (TPSA) is 87.1 Å². The molecule has 1 aromatic rings. The second kappa shape index (κ2) is 2.99. The molecule has 3 unspecified atom stereocenters. The highest BCUT2D eigenvalue weighted by Gasteiger charge is 2.80. The van der Waals surface area contributed by atoms with Gasteiger partial charge in [0, 0.05) is 0 Å². The zero-order chi connectivity index (χ0) is 13.3. The fourth-order valence-electron chi connectivity index (χ4n) is 2.90. The van der Waals surface area contributed by atoms with Crippen molar-refractivity contribution in [2.75, 3.05) is 0 Å². The van der Waals surface area contributed by atoms with Crippen LogP contribution in [0.1, 0.15) is 35.9 Å². The van der Waals surface area contributed by atoms with Crippen molar-refractivity contribution >= 4 is 11.6 Å². The summed E-state index contributed by atoms with van der Waals surface area (Å²) in [4.78, 5) is 24.1. The third-order valence-electron chi connectivity index (χ3n) is 3.96. The molecule has 1 heterocycles. The van der Waals surface area contributed by atoms with Crippen molar-refractivity contribution < 1.29 is 24.5 Å². The van der Waals surface area contributed by atoms with Crippen LogP contribution in [0, 0.1) is 0 Å². The lowest BCUT2D eigenvalue weighted by Gasteiger charge is -2.27. The highest BCUT2D eigenvalue weighted by atomic mass is 16.7. The highest BCUT2D eigenvalue weighted by Crippen LogP contribution is 2.61. The van der Waals surface area contributed by atoms with Gasteiger partial charge in [0.15, 0.2) is 5.78 Å². The first-order valence-corrected chi connectivity index (χ1v) is 5.62. The first kappa shape index (κ1) is 11.4. The van der Waals surface area contributed by atoms with E-state index in [1.54, 1.807) is 6.07 Å². The van der Waals surface area contributed by atoms with E-state index in [-0.39, 0.29) is 11.3 Å².